The van der Waals surface area contributed by atoms with Gasteiger partial charge in [0.15, 0.2) is 0 Å². The number of hydrogen-bond acceptors (Lipinski definition) is 3. The summed E-state index contributed by atoms with van der Waals surface area (Å²) in [5, 5.41) is 0. The molecule has 0 aliphatic carbocycles. The lowest BCUT2D eigenvalue weighted by Gasteiger charge is -2.10. The summed E-state index contributed by atoms with van der Waals surface area (Å²) in [6, 6.07) is 5.24. The predicted octanol–water partition coefficient (Wildman–Crippen LogP) is 2.49. The number of halogens is 3. The molecule has 106 valence electrons. The van der Waals surface area contributed by atoms with Crippen LogP contribution in [0, 0.1) is 17.5 Å². The fourth-order valence-electron chi connectivity index (χ4n) is 1.50. The Hall–Kier alpha value is -2.22. The highest BCUT2D eigenvalue weighted by molar-refractivity contribution is 7.92. The van der Waals surface area contributed by atoms with Crippen LogP contribution < -0.4 is 10.5 Å². The van der Waals surface area contributed by atoms with Crippen molar-refractivity contribution < 1.29 is 21.6 Å². The van der Waals surface area contributed by atoms with Gasteiger partial charge in [-0.05, 0) is 30.3 Å². The Morgan fingerprint density at radius 3 is 2.30 bits per heavy atom. The van der Waals surface area contributed by atoms with E-state index in [0.717, 1.165) is 24.3 Å². The van der Waals surface area contributed by atoms with E-state index in [4.69, 9.17) is 5.73 Å². The number of benzene rings is 2. The first kappa shape index (κ1) is 14.2. The van der Waals surface area contributed by atoms with Crippen LogP contribution in [0.2, 0.25) is 0 Å². The van der Waals surface area contributed by atoms with Crippen molar-refractivity contribution in [1.82, 2.24) is 0 Å². The standard InChI is InChI=1S/C12H9F3N2O2S/c13-7-1-4-11(10(15)5-7)17-20(18,19)12-6-8(16)2-3-9(12)14/h1-6,17H,16H2. The van der Waals surface area contributed by atoms with Gasteiger partial charge in [0.05, 0.1) is 5.69 Å². The Balaban J connectivity index is 2.43. The van der Waals surface area contributed by atoms with Gasteiger partial charge in [0.2, 0.25) is 0 Å². The quantitative estimate of drug-likeness (QED) is 0.856. The normalized spacial score (nSPS) is 11.3. The van der Waals surface area contributed by atoms with Gasteiger partial charge in [-0.1, -0.05) is 0 Å². The Morgan fingerprint density at radius 1 is 0.950 bits per heavy atom. The van der Waals surface area contributed by atoms with Crippen molar-refractivity contribution >= 4 is 21.4 Å². The van der Waals surface area contributed by atoms with Crippen molar-refractivity contribution in [2.75, 3.05) is 10.5 Å². The highest BCUT2D eigenvalue weighted by atomic mass is 32.2. The summed E-state index contributed by atoms with van der Waals surface area (Å²) in [6.45, 7) is 0. The van der Waals surface area contributed by atoms with Gasteiger partial charge in [-0.3, -0.25) is 4.72 Å². The molecule has 2 rings (SSSR count). The highest BCUT2D eigenvalue weighted by Crippen LogP contribution is 2.23. The van der Waals surface area contributed by atoms with Crippen molar-refractivity contribution in [2.24, 2.45) is 0 Å². The lowest BCUT2D eigenvalue weighted by atomic mass is 10.3. The van der Waals surface area contributed by atoms with E-state index >= 15 is 0 Å². The molecule has 20 heavy (non-hydrogen) atoms. The first-order valence-corrected chi connectivity index (χ1v) is 6.81. The molecule has 0 amide bonds. The van der Waals surface area contributed by atoms with Crippen molar-refractivity contribution in [2.45, 2.75) is 4.90 Å². The Kier molecular flexibility index (Phi) is 3.58. The predicted molar refractivity (Wildman–Crippen MR) is 68.0 cm³/mol. The molecule has 4 nitrogen and oxygen atoms in total. The summed E-state index contributed by atoms with van der Waals surface area (Å²) in [7, 11) is -4.37. The average Bonchev–Trinajstić information content (AvgIpc) is 2.35. The van der Waals surface area contributed by atoms with Gasteiger partial charge >= 0.3 is 0 Å². The molecule has 0 saturated carbocycles. The minimum atomic E-state index is -4.37. The molecule has 0 heterocycles. The lowest BCUT2D eigenvalue weighted by molar-refractivity contribution is 0.568. The van der Waals surface area contributed by atoms with E-state index in [1.54, 1.807) is 0 Å². The summed E-state index contributed by atoms with van der Waals surface area (Å²) in [6.07, 6.45) is 0. The second-order valence-electron chi connectivity index (χ2n) is 3.92. The van der Waals surface area contributed by atoms with Crippen LogP contribution in [0.15, 0.2) is 41.3 Å². The maximum Gasteiger partial charge on any atom is 0.264 e. The van der Waals surface area contributed by atoms with Crippen molar-refractivity contribution in [3.8, 4) is 0 Å². The first-order chi connectivity index (χ1) is 9.29. The fraction of sp³-hybridized carbons (Fsp3) is 0. The van der Waals surface area contributed by atoms with Gasteiger partial charge in [0.1, 0.15) is 22.3 Å². The third-order valence-corrected chi connectivity index (χ3v) is 3.80. The van der Waals surface area contributed by atoms with Gasteiger partial charge in [0, 0.05) is 11.8 Å². The van der Waals surface area contributed by atoms with E-state index < -0.39 is 38.1 Å². The zero-order valence-electron chi connectivity index (χ0n) is 9.90. The average molecular weight is 302 g/mol. The maximum atomic E-state index is 13.5. The number of sulfonamides is 1. The fourth-order valence-corrected chi connectivity index (χ4v) is 2.68. The number of rotatable bonds is 3. The molecule has 2 aromatic rings. The lowest BCUT2D eigenvalue weighted by Crippen LogP contribution is -2.16. The summed E-state index contributed by atoms with van der Waals surface area (Å²) in [5.41, 5.74) is 4.93. The molecule has 0 atom stereocenters. The number of hydrogen-bond donors (Lipinski definition) is 2. The largest absolute Gasteiger partial charge is 0.399 e. The smallest absolute Gasteiger partial charge is 0.264 e. The molecular weight excluding hydrogens is 293 g/mol. The van der Waals surface area contributed by atoms with Crippen LogP contribution in [0.25, 0.3) is 0 Å². The van der Waals surface area contributed by atoms with Gasteiger partial charge in [-0.25, -0.2) is 21.6 Å². The molecule has 0 fully saturated rings. The van der Waals surface area contributed by atoms with Gasteiger partial charge in [-0.15, -0.1) is 0 Å². The van der Waals surface area contributed by atoms with E-state index in [2.05, 4.69) is 0 Å². The number of nitrogens with two attached hydrogens (primary N) is 1. The third kappa shape index (κ3) is 2.85. The summed E-state index contributed by atoms with van der Waals surface area (Å²) in [5.74, 6) is -3.01. The molecule has 3 N–H and O–H groups in total. The molecule has 2 aromatic carbocycles. The van der Waals surface area contributed by atoms with E-state index in [1.165, 1.54) is 6.07 Å². The number of nitrogen functional groups attached to an aromatic ring is 1. The number of anilines is 2. The second kappa shape index (κ2) is 5.04. The molecule has 0 saturated heterocycles. The minimum absolute atomic E-state index is 0.0337. The van der Waals surface area contributed by atoms with Crippen molar-refractivity contribution in [1.29, 1.82) is 0 Å². The molecule has 0 radical (unpaired) electrons. The van der Waals surface area contributed by atoms with Crippen LogP contribution in [0.3, 0.4) is 0 Å². The van der Waals surface area contributed by atoms with E-state index in [-0.39, 0.29) is 5.69 Å². The van der Waals surface area contributed by atoms with E-state index in [1.807, 2.05) is 4.72 Å². The highest BCUT2D eigenvalue weighted by Gasteiger charge is 2.21. The Bertz CT molecular complexity index is 763. The van der Waals surface area contributed by atoms with Crippen LogP contribution in [0.5, 0.6) is 0 Å². The molecule has 0 unspecified atom stereocenters. The summed E-state index contributed by atoms with van der Waals surface area (Å²) in [4.78, 5) is -0.721. The van der Waals surface area contributed by atoms with Gasteiger partial charge in [0.25, 0.3) is 10.0 Å². The van der Waals surface area contributed by atoms with Crippen LogP contribution >= 0.6 is 0 Å². The van der Waals surface area contributed by atoms with Crippen LogP contribution in [-0.4, -0.2) is 8.42 Å². The van der Waals surface area contributed by atoms with Gasteiger partial charge < -0.3 is 5.73 Å². The van der Waals surface area contributed by atoms with E-state index in [0.29, 0.717) is 6.07 Å². The topological polar surface area (TPSA) is 72.2 Å². The van der Waals surface area contributed by atoms with Crippen molar-refractivity contribution in [3.63, 3.8) is 0 Å². The monoisotopic (exact) mass is 302 g/mol. The molecule has 0 bridgehead atoms. The molecule has 8 heteroatoms. The molecule has 0 aliphatic heterocycles. The Labute approximate surface area is 113 Å². The summed E-state index contributed by atoms with van der Waals surface area (Å²) >= 11 is 0. The second-order valence-corrected chi connectivity index (χ2v) is 5.57. The first-order valence-electron chi connectivity index (χ1n) is 5.32. The number of nitrogens with one attached hydrogen (secondary N) is 1. The zero-order chi connectivity index (χ0) is 14.9. The van der Waals surface area contributed by atoms with Crippen LogP contribution in [-0.2, 0) is 10.0 Å². The summed E-state index contributed by atoms with van der Waals surface area (Å²) < 4.78 is 65.3. The minimum Gasteiger partial charge on any atom is -0.399 e. The van der Waals surface area contributed by atoms with Crippen molar-refractivity contribution in [3.05, 3.63) is 53.8 Å². The molecular formula is C12H9F3N2O2S. The SMILES string of the molecule is Nc1ccc(F)c(S(=O)(=O)Nc2ccc(F)cc2F)c1. The van der Waals surface area contributed by atoms with Crippen LogP contribution in [0.1, 0.15) is 0 Å². The Morgan fingerprint density at radius 2 is 1.65 bits per heavy atom. The third-order valence-electron chi connectivity index (χ3n) is 2.42. The molecule has 0 spiro atoms. The van der Waals surface area contributed by atoms with Crippen LogP contribution in [0.4, 0.5) is 24.5 Å². The molecule has 0 aliphatic rings. The van der Waals surface area contributed by atoms with Gasteiger partial charge in [-0.2, -0.15) is 0 Å². The molecule has 0 aromatic heterocycles. The zero-order valence-corrected chi connectivity index (χ0v) is 10.7. The van der Waals surface area contributed by atoms with E-state index in [9.17, 15) is 21.6 Å². The maximum absolute atomic E-state index is 13.5.